The summed E-state index contributed by atoms with van der Waals surface area (Å²) in [5.41, 5.74) is 2.97. The van der Waals surface area contributed by atoms with Gasteiger partial charge < -0.3 is 10.1 Å². The number of rotatable bonds is 5. The largest absolute Gasteiger partial charge is 0.497 e. The number of carbonyl (C=O) groups is 1. The van der Waals surface area contributed by atoms with E-state index in [1.54, 1.807) is 11.8 Å². The number of aryl methyl sites for hydroxylation is 1. The van der Waals surface area contributed by atoms with E-state index in [2.05, 4.69) is 15.7 Å². The normalized spacial score (nSPS) is 11.7. The number of ether oxygens (including phenoxy) is 1. The van der Waals surface area contributed by atoms with Gasteiger partial charge in [-0.2, -0.15) is 5.10 Å². The van der Waals surface area contributed by atoms with Gasteiger partial charge in [-0.25, -0.2) is 4.79 Å². The van der Waals surface area contributed by atoms with Crippen LogP contribution in [0.25, 0.3) is 11.3 Å². The number of amides is 2. The molecule has 0 aliphatic heterocycles. The Hall–Kier alpha value is -3.28. The third-order valence-corrected chi connectivity index (χ3v) is 4.15. The van der Waals surface area contributed by atoms with Crippen LogP contribution in [-0.4, -0.2) is 22.9 Å². The lowest BCUT2D eigenvalue weighted by Crippen LogP contribution is -2.31. The van der Waals surface area contributed by atoms with Crippen molar-refractivity contribution in [1.29, 1.82) is 0 Å². The molecule has 3 rings (SSSR count). The fourth-order valence-corrected chi connectivity index (χ4v) is 2.73. The Balaban J connectivity index is 1.64. The van der Waals surface area contributed by atoms with Crippen LogP contribution in [0.15, 0.2) is 60.7 Å². The summed E-state index contributed by atoms with van der Waals surface area (Å²) in [5, 5.41) is 10.1. The maximum atomic E-state index is 12.3. The van der Waals surface area contributed by atoms with E-state index in [1.165, 1.54) is 0 Å². The van der Waals surface area contributed by atoms with E-state index in [9.17, 15) is 4.79 Å². The molecule has 0 saturated carbocycles. The molecule has 2 N–H and O–H groups in total. The van der Waals surface area contributed by atoms with E-state index in [1.807, 2.05) is 74.6 Å². The molecule has 0 saturated heterocycles. The molecule has 2 aromatic carbocycles. The van der Waals surface area contributed by atoms with Crippen LogP contribution >= 0.6 is 0 Å². The summed E-state index contributed by atoms with van der Waals surface area (Å²) in [7, 11) is 3.48. The molecule has 0 radical (unpaired) electrons. The average molecular weight is 350 g/mol. The number of carbonyl (C=O) groups excluding carboxylic acids is 1. The van der Waals surface area contributed by atoms with Gasteiger partial charge in [-0.15, -0.1) is 0 Å². The van der Waals surface area contributed by atoms with Crippen LogP contribution in [-0.2, 0) is 7.05 Å². The molecule has 26 heavy (non-hydrogen) atoms. The van der Waals surface area contributed by atoms with Crippen molar-refractivity contribution < 1.29 is 9.53 Å². The van der Waals surface area contributed by atoms with Crippen molar-refractivity contribution >= 4 is 11.8 Å². The molecule has 0 spiro atoms. The Labute approximate surface area is 152 Å². The first-order chi connectivity index (χ1) is 12.6. The minimum Gasteiger partial charge on any atom is -0.497 e. The number of aromatic nitrogens is 2. The summed E-state index contributed by atoms with van der Waals surface area (Å²) in [4.78, 5) is 12.3. The highest BCUT2D eigenvalue weighted by atomic mass is 16.5. The van der Waals surface area contributed by atoms with Crippen molar-refractivity contribution in [3.05, 3.63) is 66.2 Å². The highest BCUT2D eigenvalue weighted by molar-refractivity contribution is 5.89. The zero-order valence-electron chi connectivity index (χ0n) is 15.1. The zero-order valence-corrected chi connectivity index (χ0v) is 15.1. The van der Waals surface area contributed by atoms with Gasteiger partial charge in [-0.1, -0.05) is 42.5 Å². The van der Waals surface area contributed by atoms with E-state index in [0.29, 0.717) is 5.82 Å². The molecule has 2 amide bonds. The molecule has 0 fully saturated rings. The number of nitrogens with one attached hydrogen (secondary N) is 2. The topological polar surface area (TPSA) is 68.2 Å². The van der Waals surface area contributed by atoms with Gasteiger partial charge >= 0.3 is 6.03 Å². The van der Waals surface area contributed by atoms with Gasteiger partial charge in [0, 0.05) is 13.1 Å². The third-order valence-electron chi connectivity index (χ3n) is 4.15. The van der Waals surface area contributed by atoms with Crippen LogP contribution in [0.5, 0.6) is 5.75 Å². The molecule has 0 bridgehead atoms. The average Bonchev–Trinajstić information content (AvgIpc) is 3.02. The fourth-order valence-electron chi connectivity index (χ4n) is 2.73. The highest BCUT2D eigenvalue weighted by Gasteiger charge is 2.13. The molecule has 1 unspecified atom stereocenters. The second kappa shape index (κ2) is 7.74. The Morgan fingerprint density at radius 3 is 2.46 bits per heavy atom. The van der Waals surface area contributed by atoms with E-state index < -0.39 is 0 Å². The molecular weight excluding hydrogens is 328 g/mol. The molecule has 0 aliphatic rings. The molecule has 6 nitrogen and oxygen atoms in total. The minimum atomic E-state index is -0.300. The Morgan fingerprint density at radius 2 is 1.81 bits per heavy atom. The quantitative estimate of drug-likeness (QED) is 0.731. The predicted octanol–water partition coefficient (Wildman–Crippen LogP) is 3.98. The number of anilines is 1. The maximum absolute atomic E-state index is 12.3. The first-order valence-corrected chi connectivity index (χ1v) is 8.38. The Kier molecular flexibility index (Phi) is 5.22. The highest BCUT2D eigenvalue weighted by Crippen LogP contribution is 2.22. The standard InChI is InChI=1S/C20H22N4O2/c1-14(15-9-11-17(26-3)12-10-15)21-20(25)22-19-13-18(24(2)23-19)16-7-5-4-6-8-16/h4-14H,1-3H3,(H2,21,22,23,25). The number of methoxy groups -OCH3 is 1. The fraction of sp³-hybridized carbons (Fsp3) is 0.200. The summed E-state index contributed by atoms with van der Waals surface area (Å²) < 4.78 is 6.90. The van der Waals surface area contributed by atoms with Crippen molar-refractivity contribution in [3.8, 4) is 17.0 Å². The first-order valence-electron chi connectivity index (χ1n) is 8.38. The lowest BCUT2D eigenvalue weighted by molar-refractivity contribution is 0.249. The second-order valence-corrected chi connectivity index (χ2v) is 6.00. The van der Waals surface area contributed by atoms with E-state index in [-0.39, 0.29) is 12.1 Å². The van der Waals surface area contributed by atoms with Crippen molar-refractivity contribution in [2.45, 2.75) is 13.0 Å². The Morgan fingerprint density at radius 1 is 1.12 bits per heavy atom. The summed E-state index contributed by atoms with van der Waals surface area (Å²) in [5.74, 6) is 1.29. The summed E-state index contributed by atoms with van der Waals surface area (Å²) in [6.45, 7) is 1.93. The lowest BCUT2D eigenvalue weighted by Gasteiger charge is -2.14. The van der Waals surface area contributed by atoms with Crippen molar-refractivity contribution in [2.75, 3.05) is 12.4 Å². The van der Waals surface area contributed by atoms with Gasteiger partial charge in [0.25, 0.3) is 0 Å². The van der Waals surface area contributed by atoms with Crippen LogP contribution in [0, 0.1) is 0 Å². The SMILES string of the molecule is COc1ccc(C(C)NC(=O)Nc2cc(-c3ccccc3)n(C)n2)cc1. The van der Waals surface area contributed by atoms with Gasteiger partial charge in [0.2, 0.25) is 0 Å². The van der Waals surface area contributed by atoms with Crippen molar-refractivity contribution in [2.24, 2.45) is 7.05 Å². The van der Waals surface area contributed by atoms with Crippen LogP contribution < -0.4 is 15.4 Å². The number of nitrogens with zero attached hydrogens (tertiary/aromatic N) is 2. The summed E-state index contributed by atoms with van der Waals surface area (Å²) in [6.07, 6.45) is 0. The lowest BCUT2D eigenvalue weighted by atomic mass is 10.1. The molecule has 134 valence electrons. The van der Waals surface area contributed by atoms with Gasteiger partial charge in [0.05, 0.1) is 18.8 Å². The number of urea groups is 1. The van der Waals surface area contributed by atoms with E-state index in [0.717, 1.165) is 22.6 Å². The molecule has 1 atom stereocenters. The molecule has 1 heterocycles. The molecule has 0 aliphatic carbocycles. The van der Waals surface area contributed by atoms with Gasteiger partial charge in [0.15, 0.2) is 5.82 Å². The molecule has 3 aromatic rings. The number of hydrogen-bond donors (Lipinski definition) is 2. The maximum Gasteiger partial charge on any atom is 0.320 e. The van der Waals surface area contributed by atoms with Gasteiger partial charge in [0.1, 0.15) is 5.75 Å². The van der Waals surface area contributed by atoms with Gasteiger partial charge in [-0.05, 0) is 30.2 Å². The van der Waals surface area contributed by atoms with Gasteiger partial charge in [-0.3, -0.25) is 10.00 Å². The first kappa shape index (κ1) is 17.5. The van der Waals surface area contributed by atoms with Crippen LogP contribution in [0.3, 0.4) is 0 Å². The smallest absolute Gasteiger partial charge is 0.320 e. The zero-order chi connectivity index (χ0) is 18.5. The van der Waals surface area contributed by atoms with Crippen LogP contribution in [0.4, 0.5) is 10.6 Å². The third kappa shape index (κ3) is 4.03. The second-order valence-electron chi connectivity index (χ2n) is 6.00. The van der Waals surface area contributed by atoms with Crippen molar-refractivity contribution in [3.63, 3.8) is 0 Å². The minimum absolute atomic E-state index is 0.141. The monoisotopic (exact) mass is 350 g/mol. The van der Waals surface area contributed by atoms with E-state index >= 15 is 0 Å². The molecular formula is C20H22N4O2. The summed E-state index contributed by atoms with van der Waals surface area (Å²) >= 11 is 0. The van der Waals surface area contributed by atoms with Crippen molar-refractivity contribution in [1.82, 2.24) is 15.1 Å². The molecule has 6 heteroatoms. The summed E-state index contributed by atoms with van der Waals surface area (Å²) in [6, 6.07) is 18.9. The Bertz CT molecular complexity index is 873. The number of hydrogen-bond acceptors (Lipinski definition) is 3. The van der Waals surface area contributed by atoms with Crippen LogP contribution in [0.2, 0.25) is 0 Å². The molecule has 1 aromatic heterocycles. The van der Waals surface area contributed by atoms with Crippen LogP contribution in [0.1, 0.15) is 18.5 Å². The number of benzene rings is 2. The van der Waals surface area contributed by atoms with E-state index in [4.69, 9.17) is 4.74 Å². The predicted molar refractivity (Wildman–Crippen MR) is 102 cm³/mol.